The molecule has 7 rings (SSSR count). The number of aliphatic hydroxyl groups is 1. The van der Waals surface area contributed by atoms with Crippen LogP contribution in [-0.2, 0) is 45.3 Å². The number of amides is 6. The van der Waals surface area contributed by atoms with Gasteiger partial charge in [-0.15, -0.1) is 22.7 Å². The molecule has 2 aromatic heterocycles. The van der Waals surface area contributed by atoms with Crippen LogP contribution in [0.4, 0.5) is 30.6 Å². The van der Waals surface area contributed by atoms with Gasteiger partial charge in [-0.2, -0.15) is 0 Å². The number of aliphatic hydroxyl groups excluding tert-OH is 1. The van der Waals surface area contributed by atoms with E-state index in [2.05, 4.69) is 95.4 Å². The Hall–Kier alpha value is -6.09. The van der Waals surface area contributed by atoms with Gasteiger partial charge in [-0.05, 0) is 155 Å². The van der Waals surface area contributed by atoms with Crippen LogP contribution in [-0.4, -0.2) is 124 Å². The topological polar surface area (TPSA) is 344 Å². The van der Waals surface area contributed by atoms with Crippen LogP contribution in [0.25, 0.3) is 20.9 Å². The second-order valence-corrected chi connectivity index (χ2v) is 37.0. The molecule has 2 aliphatic carbocycles. The number of ether oxygens (including phenoxy) is 2. The number of carboxylic acids is 1. The van der Waals surface area contributed by atoms with E-state index in [1.54, 1.807) is 64.4 Å². The van der Waals surface area contributed by atoms with E-state index in [4.69, 9.17) is 28.8 Å². The summed E-state index contributed by atoms with van der Waals surface area (Å²) in [5, 5.41) is 33.0. The Balaban J connectivity index is 0.000000319. The normalized spacial score (nSPS) is 17.1. The van der Waals surface area contributed by atoms with Gasteiger partial charge in [-0.25, -0.2) is 55.4 Å². The highest BCUT2D eigenvalue weighted by atomic mass is 79.9. The van der Waals surface area contributed by atoms with Crippen molar-refractivity contribution >= 4 is 109 Å². The third-order valence-corrected chi connectivity index (χ3v) is 26.0. The summed E-state index contributed by atoms with van der Waals surface area (Å²) in [5.41, 5.74) is 0.456. The minimum atomic E-state index is -4.12. The number of carbonyl (C=O) groups is 5. The summed E-state index contributed by atoms with van der Waals surface area (Å²) in [6.45, 7) is 25.9. The van der Waals surface area contributed by atoms with Crippen molar-refractivity contribution in [2.75, 3.05) is 23.8 Å². The van der Waals surface area contributed by atoms with Crippen LogP contribution in [0.15, 0.2) is 88.9 Å². The third-order valence-electron chi connectivity index (χ3n) is 15.3. The highest BCUT2D eigenvalue weighted by Crippen LogP contribution is 2.43. The van der Waals surface area contributed by atoms with Crippen LogP contribution >= 0.6 is 38.8 Å². The van der Waals surface area contributed by atoms with E-state index in [0.717, 1.165) is 73.9 Å². The van der Waals surface area contributed by atoms with Crippen molar-refractivity contribution in [1.29, 1.82) is 0 Å². The molecule has 3 aromatic carbocycles. The molecule has 93 heavy (non-hydrogen) atoms. The summed E-state index contributed by atoms with van der Waals surface area (Å²) in [6, 6.07) is 18.1. The molecule has 2 saturated carbocycles. The Kier molecular flexibility index (Phi) is 28.4. The first-order valence-electron chi connectivity index (χ1n) is 30.7. The Bertz CT molecular complexity index is 3550. The Morgan fingerprint density at radius 2 is 1.05 bits per heavy atom. The predicted molar refractivity (Wildman–Crippen MR) is 370 cm³/mol. The van der Waals surface area contributed by atoms with Crippen molar-refractivity contribution in [1.82, 2.24) is 39.7 Å². The molecule has 0 radical (unpaired) electrons. The lowest BCUT2D eigenvalue weighted by Gasteiger charge is -2.39. The maximum absolute atomic E-state index is 14.0. The zero-order valence-electron chi connectivity index (χ0n) is 55.4. The molecule has 6 amide bonds. The maximum atomic E-state index is 14.0. The zero-order chi connectivity index (χ0) is 69.3. The van der Waals surface area contributed by atoms with Gasteiger partial charge in [-0.3, -0.25) is 9.14 Å². The molecule has 0 bridgehead atoms. The lowest BCUT2D eigenvalue weighted by molar-refractivity contribution is -0.134. The van der Waals surface area contributed by atoms with Crippen LogP contribution in [0, 0.1) is 0 Å². The van der Waals surface area contributed by atoms with Gasteiger partial charge in [0.2, 0.25) is 20.0 Å². The first kappa shape index (κ1) is 77.6. The smallest absolute Gasteiger partial charge is 0.407 e. The van der Waals surface area contributed by atoms with Gasteiger partial charge in [0.1, 0.15) is 0 Å². The number of anilines is 2. The van der Waals surface area contributed by atoms with Crippen LogP contribution in [0.3, 0.4) is 0 Å². The lowest BCUT2D eigenvalue weighted by atomic mass is 9.86. The molecule has 2 heterocycles. The van der Waals surface area contributed by atoms with E-state index in [0.29, 0.717) is 38.8 Å². The van der Waals surface area contributed by atoms with E-state index < -0.39 is 76.3 Å². The van der Waals surface area contributed by atoms with E-state index in [1.807, 2.05) is 58.0 Å². The van der Waals surface area contributed by atoms with Gasteiger partial charge in [0.05, 0.1) is 76.7 Å². The molecule has 0 unspecified atom stereocenters. The van der Waals surface area contributed by atoms with Crippen LogP contribution < -0.4 is 40.4 Å². The summed E-state index contributed by atoms with van der Waals surface area (Å²) in [4.78, 5) is 68.4. The van der Waals surface area contributed by atoms with E-state index >= 15 is 0 Å². The van der Waals surface area contributed by atoms with Crippen LogP contribution in [0.5, 0.6) is 0 Å². The fourth-order valence-corrected chi connectivity index (χ4v) is 16.6. The number of carboxylic acid groups (broad SMARTS) is 1. The van der Waals surface area contributed by atoms with E-state index in [1.165, 1.54) is 34.8 Å². The number of thiazole rings is 2. The molecule has 0 atom stereocenters. The molecule has 2 aliphatic rings. The van der Waals surface area contributed by atoms with E-state index in [-0.39, 0.29) is 57.6 Å². The third kappa shape index (κ3) is 24.9. The summed E-state index contributed by atoms with van der Waals surface area (Å²) >= 11 is 5.79. The number of rotatable bonds is 22. The number of benzene rings is 3. The van der Waals surface area contributed by atoms with Gasteiger partial charge in [-0.1, -0.05) is 63.2 Å². The second kappa shape index (κ2) is 34.0. The second-order valence-electron chi connectivity index (χ2n) is 26.4. The van der Waals surface area contributed by atoms with Crippen LogP contribution in [0.1, 0.15) is 162 Å². The number of aliphatic carboxylic acids is 1. The van der Waals surface area contributed by atoms with Gasteiger partial charge < -0.3 is 50.7 Å². The van der Waals surface area contributed by atoms with Gasteiger partial charge in [0.15, 0.2) is 8.32 Å². The summed E-state index contributed by atoms with van der Waals surface area (Å²) in [7, 11) is -10.3. The fourth-order valence-electron chi connectivity index (χ4n) is 9.64. The molecule has 24 nitrogen and oxygen atoms in total. The highest BCUT2D eigenvalue weighted by Gasteiger charge is 2.40. The average Bonchev–Trinajstić information content (AvgIpc) is 1.80. The Morgan fingerprint density at radius 3 is 1.44 bits per heavy atom. The van der Waals surface area contributed by atoms with Crippen molar-refractivity contribution in [2.24, 2.45) is 0 Å². The monoisotopic (exact) mass is 1450 g/mol. The maximum Gasteiger partial charge on any atom is 0.407 e. The quantitative estimate of drug-likeness (QED) is 0.0227. The number of hydrogen-bond donors (Lipinski definition) is 10. The largest absolute Gasteiger partial charge is 0.481 e. The molecule has 514 valence electrons. The van der Waals surface area contributed by atoms with Crippen molar-refractivity contribution < 1.29 is 64.9 Å². The molecular formula is C63H93BrN10O14S4Si. The highest BCUT2D eigenvalue weighted by molar-refractivity contribution is 9.08. The molecule has 0 spiro atoms. The van der Waals surface area contributed by atoms with Crippen molar-refractivity contribution in [3.05, 3.63) is 94.7 Å². The minimum absolute atomic E-state index is 0.0235. The number of hydrogen-bond acceptors (Lipinski definition) is 17. The molecule has 10 N–H and O–H groups in total. The first-order chi connectivity index (χ1) is 43.3. The van der Waals surface area contributed by atoms with Gasteiger partial charge >= 0.3 is 24.2 Å². The number of sulfonamides is 2. The Morgan fingerprint density at radius 1 is 0.645 bits per heavy atom. The average molecular weight is 1450 g/mol. The van der Waals surface area contributed by atoms with Crippen molar-refractivity contribution in [3.63, 3.8) is 0 Å². The summed E-state index contributed by atoms with van der Waals surface area (Å²) in [6.07, 6.45) is 8.78. The SMILES string of the molecule is CC(=O)O.CC(C)OC(=O)NC1CCC(c2ncc(-c3ccc(NC(=O)NBr)cc3S(=O)(=O)NC(C)(C)CO[Si](C)(C)C(C)(C)C)s2)CC1.CC(C)OC(=O)NC1CCC(c2ncc(-c3ccc(NC(=O)NCc4ccccc4)cc3S(=O)(=O)NC(C)(C)CO)s2)CC1. The van der Waals surface area contributed by atoms with Crippen molar-refractivity contribution in [3.8, 4) is 20.9 Å². The van der Waals surface area contributed by atoms with Crippen molar-refractivity contribution in [2.45, 2.75) is 216 Å². The number of nitrogens with one attached hydrogen (secondary N) is 8. The number of urea groups is 2. The van der Waals surface area contributed by atoms with Gasteiger partial charge in [0, 0.05) is 77.8 Å². The zero-order valence-corrected chi connectivity index (χ0v) is 61.3. The molecule has 5 aromatic rings. The summed E-state index contributed by atoms with van der Waals surface area (Å²) < 4.78 is 79.8. The molecule has 0 saturated heterocycles. The van der Waals surface area contributed by atoms with Crippen LogP contribution in [0.2, 0.25) is 18.1 Å². The predicted octanol–water partition coefficient (Wildman–Crippen LogP) is 12.9. The number of aromatic nitrogens is 2. The first-order valence-corrected chi connectivity index (χ1v) is 39.0. The standard InChI is InChI=1S/C31H41N5O6S2.C30H48BrN5O6S2Si.C2H4O2/c1-20(2)42-30(39)35-23-12-10-22(11-13-23)28-32-18-26(43-28)25-15-14-24(16-27(25)44(40,41)36-31(3,4)19-37)34-29(38)33-17-21-8-6-5-7-9-21;1-19(2)42-28(38)34-21-12-10-20(11-13-21)26-32-17-24(43-26)23-15-14-22(33-27(37)35-31)16-25(23)44(39,40)36-30(6,7)18-41-45(8,9)29(3,4)5;1-2(3)4/h5-9,14-16,18,20,22-23,36-37H,10-13,17,19H2,1-4H3,(H,35,39)(H2,33,34,38);14-17,19-21,36H,10-13,18H2,1-9H3,(H,34,38)(H2,33,35,37);1H3,(H,3,4). The number of carbonyl (C=O) groups excluding carboxylic acids is 4. The molecule has 2 fully saturated rings. The Labute approximate surface area is 565 Å². The summed E-state index contributed by atoms with van der Waals surface area (Å²) in [5.74, 6) is -0.440. The van der Waals surface area contributed by atoms with Gasteiger partial charge in [0.25, 0.3) is 5.97 Å². The number of nitrogens with zero attached hydrogens (tertiary/aromatic N) is 2. The number of alkyl carbamates (subject to hydrolysis) is 2. The molecule has 0 aliphatic heterocycles. The minimum Gasteiger partial charge on any atom is -0.481 e. The lowest BCUT2D eigenvalue weighted by Crippen LogP contribution is -2.51. The molecule has 30 heteroatoms. The number of halogens is 1. The fraction of sp³-hybridized carbons (Fsp3) is 0.540. The molecular weight excluding hydrogens is 1360 g/mol. The van der Waals surface area contributed by atoms with E-state index in [9.17, 15) is 41.1 Å².